The Morgan fingerprint density at radius 2 is 1.30 bits per heavy atom. The van der Waals surface area contributed by atoms with E-state index in [0.717, 1.165) is 5.75 Å². The average Bonchev–Trinajstić information content (AvgIpc) is 3.67. The molecule has 33 heavy (non-hydrogen) atoms. The first-order valence-corrected chi connectivity index (χ1v) is 12.7. The standard InChI is InChI=1S/C31H37NO/c1-33-29-16-14-28(15-17-29)31(19-20-31)25-32-23-21-30(22-24-32,27-12-6-3-7-13-27)18-8-11-26-9-4-2-5-10-26/h2-7,9-10,12-17H,8,11,18-25H2,1H3. The van der Waals surface area contributed by atoms with E-state index in [1.807, 2.05) is 0 Å². The van der Waals surface area contributed by atoms with E-state index < -0.39 is 0 Å². The summed E-state index contributed by atoms with van der Waals surface area (Å²) in [5.74, 6) is 0.954. The van der Waals surface area contributed by atoms with Gasteiger partial charge in [-0.25, -0.2) is 0 Å². The van der Waals surface area contributed by atoms with Gasteiger partial charge in [0.2, 0.25) is 0 Å². The third-order valence-electron chi connectivity index (χ3n) is 8.25. The third-order valence-corrected chi connectivity index (χ3v) is 8.25. The minimum atomic E-state index is 0.323. The summed E-state index contributed by atoms with van der Waals surface area (Å²) in [7, 11) is 1.74. The predicted octanol–water partition coefficient (Wildman–Crippen LogP) is 6.78. The Labute approximate surface area is 199 Å². The first-order chi connectivity index (χ1) is 16.2. The van der Waals surface area contributed by atoms with E-state index in [-0.39, 0.29) is 0 Å². The maximum Gasteiger partial charge on any atom is 0.118 e. The van der Waals surface area contributed by atoms with E-state index in [9.17, 15) is 0 Å². The summed E-state index contributed by atoms with van der Waals surface area (Å²) < 4.78 is 5.37. The monoisotopic (exact) mass is 439 g/mol. The smallest absolute Gasteiger partial charge is 0.118 e. The van der Waals surface area contributed by atoms with Crippen molar-refractivity contribution in [2.45, 2.75) is 55.8 Å². The van der Waals surface area contributed by atoms with Crippen LogP contribution in [0.5, 0.6) is 5.75 Å². The van der Waals surface area contributed by atoms with Crippen LogP contribution in [0, 0.1) is 0 Å². The summed E-state index contributed by atoms with van der Waals surface area (Å²) in [6.45, 7) is 3.62. The van der Waals surface area contributed by atoms with Gasteiger partial charge in [0.15, 0.2) is 0 Å². The zero-order valence-electron chi connectivity index (χ0n) is 20.0. The molecule has 0 aromatic heterocycles. The number of nitrogens with zero attached hydrogens (tertiary/aromatic N) is 1. The fourth-order valence-electron chi connectivity index (χ4n) is 5.95. The van der Waals surface area contributed by atoms with Crippen LogP contribution in [0.25, 0.3) is 0 Å². The van der Waals surface area contributed by atoms with E-state index in [0.29, 0.717) is 10.8 Å². The Hall–Kier alpha value is -2.58. The van der Waals surface area contributed by atoms with E-state index in [1.54, 1.807) is 12.7 Å². The number of hydrogen-bond donors (Lipinski definition) is 0. The first kappa shape index (κ1) is 22.2. The van der Waals surface area contributed by atoms with Gasteiger partial charge in [-0.05, 0) is 92.3 Å². The van der Waals surface area contributed by atoms with Crippen LogP contribution in [0.2, 0.25) is 0 Å². The molecular formula is C31H37NO. The third kappa shape index (κ3) is 5.01. The molecule has 0 spiro atoms. The molecule has 5 rings (SSSR count). The molecule has 0 amide bonds. The summed E-state index contributed by atoms with van der Waals surface area (Å²) in [6.07, 6.45) is 8.89. The van der Waals surface area contributed by atoms with E-state index in [1.165, 1.54) is 75.7 Å². The molecule has 2 heteroatoms. The molecule has 2 fully saturated rings. The van der Waals surface area contributed by atoms with Crippen molar-refractivity contribution in [2.75, 3.05) is 26.7 Å². The van der Waals surface area contributed by atoms with Crippen LogP contribution in [-0.4, -0.2) is 31.6 Å². The molecule has 2 aliphatic rings. The van der Waals surface area contributed by atoms with Crippen LogP contribution in [0.15, 0.2) is 84.9 Å². The van der Waals surface area contributed by atoms with E-state index in [2.05, 4.69) is 89.8 Å². The van der Waals surface area contributed by atoms with Gasteiger partial charge in [0, 0.05) is 12.0 Å². The number of piperidine rings is 1. The molecule has 3 aromatic rings. The van der Waals surface area contributed by atoms with E-state index in [4.69, 9.17) is 4.74 Å². The number of methoxy groups -OCH3 is 1. The Morgan fingerprint density at radius 1 is 0.697 bits per heavy atom. The van der Waals surface area contributed by atoms with Crippen LogP contribution in [0.4, 0.5) is 0 Å². The van der Waals surface area contributed by atoms with Crippen molar-refractivity contribution in [3.05, 3.63) is 102 Å². The Morgan fingerprint density at radius 3 is 1.91 bits per heavy atom. The Bertz CT molecular complexity index is 1000. The minimum absolute atomic E-state index is 0.323. The molecule has 1 saturated heterocycles. The quantitative estimate of drug-likeness (QED) is 0.364. The molecule has 0 radical (unpaired) electrons. The lowest BCUT2D eigenvalue weighted by molar-refractivity contribution is 0.139. The van der Waals surface area contributed by atoms with Crippen LogP contribution < -0.4 is 4.74 Å². The summed E-state index contributed by atoms with van der Waals surface area (Å²) in [5.41, 5.74) is 5.20. The van der Waals surface area contributed by atoms with Crippen molar-refractivity contribution in [3.63, 3.8) is 0 Å². The second-order valence-electron chi connectivity index (χ2n) is 10.3. The molecule has 3 aromatic carbocycles. The highest BCUT2D eigenvalue weighted by Gasteiger charge is 2.46. The highest BCUT2D eigenvalue weighted by atomic mass is 16.5. The fourth-order valence-corrected chi connectivity index (χ4v) is 5.95. The topological polar surface area (TPSA) is 12.5 Å². The van der Waals surface area contributed by atoms with Gasteiger partial charge < -0.3 is 9.64 Å². The van der Waals surface area contributed by atoms with Crippen molar-refractivity contribution in [1.82, 2.24) is 4.90 Å². The second kappa shape index (κ2) is 9.73. The molecule has 0 bridgehead atoms. The van der Waals surface area contributed by atoms with Gasteiger partial charge in [0.25, 0.3) is 0 Å². The highest BCUT2D eigenvalue weighted by molar-refractivity contribution is 5.36. The van der Waals surface area contributed by atoms with Crippen molar-refractivity contribution in [1.29, 1.82) is 0 Å². The van der Waals surface area contributed by atoms with Gasteiger partial charge in [-0.2, -0.15) is 0 Å². The highest BCUT2D eigenvalue weighted by Crippen LogP contribution is 2.50. The number of likely N-dealkylation sites (tertiary alicyclic amines) is 1. The van der Waals surface area contributed by atoms with Gasteiger partial charge in [-0.15, -0.1) is 0 Å². The first-order valence-electron chi connectivity index (χ1n) is 12.7. The minimum Gasteiger partial charge on any atom is -0.497 e. The van der Waals surface area contributed by atoms with Crippen molar-refractivity contribution in [3.8, 4) is 5.75 Å². The van der Waals surface area contributed by atoms with Crippen molar-refractivity contribution in [2.24, 2.45) is 0 Å². The van der Waals surface area contributed by atoms with Crippen molar-refractivity contribution >= 4 is 0 Å². The van der Waals surface area contributed by atoms with Crippen LogP contribution in [0.1, 0.15) is 55.2 Å². The Balaban J connectivity index is 1.24. The summed E-state index contributed by atoms with van der Waals surface area (Å²) in [6, 6.07) is 31.2. The molecular weight excluding hydrogens is 402 g/mol. The van der Waals surface area contributed by atoms with Crippen LogP contribution >= 0.6 is 0 Å². The largest absolute Gasteiger partial charge is 0.497 e. The molecule has 172 valence electrons. The molecule has 1 heterocycles. The molecule has 1 aliphatic heterocycles. The van der Waals surface area contributed by atoms with Crippen LogP contribution in [0.3, 0.4) is 0 Å². The Kier molecular flexibility index (Phi) is 6.55. The van der Waals surface area contributed by atoms with Gasteiger partial charge in [-0.1, -0.05) is 72.8 Å². The van der Waals surface area contributed by atoms with Gasteiger partial charge in [0.1, 0.15) is 5.75 Å². The molecule has 1 aliphatic carbocycles. The second-order valence-corrected chi connectivity index (χ2v) is 10.3. The number of benzene rings is 3. The van der Waals surface area contributed by atoms with Gasteiger partial charge in [0.05, 0.1) is 7.11 Å². The molecule has 0 unspecified atom stereocenters. The van der Waals surface area contributed by atoms with Gasteiger partial charge in [-0.3, -0.25) is 0 Å². The summed E-state index contributed by atoms with van der Waals surface area (Å²) >= 11 is 0. The predicted molar refractivity (Wildman–Crippen MR) is 137 cm³/mol. The molecule has 0 atom stereocenters. The summed E-state index contributed by atoms with van der Waals surface area (Å²) in [5, 5.41) is 0. The van der Waals surface area contributed by atoms with E-state index >= 15 is 0 Å². The zero-order valence-corrected chi connectivity index (χ0v) is 20.0. The zero-order chi connectivity index (χ0) is 22.6. The normalized spacial score (nSPS) is 19.2. The fraction of sp³-hybridized carbons (Fsp3) is 0.419. The lowest BCUT2D eigenvalue weighted by Gasteiger charge is -2.43. The lowest BCUT2D eigenvalue weighted by atomic mass is 9.69. The maximum atomic E-state index is 5.37. The molecule has 0 N–H and O–H groups in total. The maximum absolute atomic E-state index is 5.37. The number of rotatable bonds is 9. The number of aryl methyl sites for hydroxylation is 1. The van der Waals surface area contributed by atoms with Gasteiger partial charge >= 0.3 is 0 Å². The van der Waals surface area contributed by atoms with Crippen LogP contribution in [-0.2, 0) is 17.3 Å². The average molecular weight is 440 g/mol. The SMILES string of the molecule is COc1ccc(C2(CN3CCC(CCCc4ccccc4)(c4ccccc4)CC3)CC2)cc1. The summed E-state index contributed by atoms with van der Waals surface area (Å²) in [4.78, 5) is 2.75. The molecule has 1 saturated carbocycles. The lowest BCUT2D eigenvalue weighted by Crippen LogP contribution is -2.45. The van der Waals surface area contributed by atoms with Crippen molar-refractivity contribution < 1.29 is 4.74 Å². The molecule has 2 nitrogen and oxygen atoms in total. The number of ether oxygens (including phenoxy) is 1. The number of hydrogen-bond acceptors (Lipinski definition) is 2.